The topological polar surface area (TPSA) is 142 Å². The Morgan fingerprint density at radius 1 is 1.19 bits per heavy atom. The van der Waals surface area contributed by atoms with Crippen LogP contribution >= 0.6 is 0 Å². The number of carbonyl (C=O) groups excluding carboxylic acids is 4. The number of aromatic hydroxyl groups is 1. The Labute approximate surface area is 214 Å². The molecule has 0 bridgehead atoms. The summed E-state index contributed by atoms with van der Waals surface area (Å²) in [4.78, 5) is 57.3. The Kier molecular flexibility index (Phi) is 9.05. The number of esters is 3. The second-order valence-electron chi connectivity index (χ2n) is 8.74. The van der Waals surface area contributed by atoms with E-state index in [9.17, 15) is 24.3 Å². The summed E-state index contributed by atoms with van der Waals surface area (Å²) in [6.07, 6.45) is -1.46. The largest absolute Gasteiger partial charge is 0.503 e. The van der Waals surface area contributed by atoms with Crippen molar-refractivity contribution in [2.24, 2.45) is 5.92 Å². The van der Waals surface area contributed by atoms with Crippen LogP contribution in [-0.2, 0) is 35.1 Å². The third kappa shape index (κ3) is 6.54. The molecule has 0 aliphatic carbocycles. The van der Waals surface area contributed by atoms with Crippen LogP contribution < -0.4 is 4.74 Å². The Bertz CT molecular complexity index is 1140. The molecule has 0 radical (unpaired) electrons. The molecule has 2 aromatic rings. The van der Waals surface area contributed by atoms with Crippen molar-refractivity contribution in [1.82, 2.24) is 9.88 Å². The van der Waals surface area contributed by atoms with Crippen molar-refractivity contribution in [3.05, 3.63) is 53.9 Å². The summed E-state index contributed by atoms with van der Waals surface area (Å²) >= 11 is 0. The molecule has 198 valence electrons. The standard InChI is InChI=1S/C26H30N2O9/c1-15(2)25(32)37-23-16(3)36-19(29)11-13-35-26(33)21(23)28(14-17-8-6-5-7-9-17)24(31)20-22(30)18(34-4)10-12-27-20/h5-10,12,15-16,21,23,30H,11,13-14H2,1-4H3/t16-,21+,23-/m0/s1. The van der Waals surface area contributed by atoms with Crippen LogP contribution in [0.1, 0.15) is 43.2 Å². The third-order valence-electron chi connectivity index (χ3n) is 5.71. The number of nitrogens with zero attached hydrogens (tertiary/aromatic N) is 2. The number of hydrogen-bond donors (Lipinski definition) is 1. The molecule has 0 unspecified atom stereocenters. The van der Waals surface area contributed by atoms with Gasteiger partial charge < -0.3 is 29.0 Å². The van der Waals surface area contributed by atoms with Gasteiger partial charge in [0, 0.05) is 18.8 Å². The van der Waals surface area contributed by atoms with Gasteiger partial charge in [0.15, 0.2) is 29.3 Å². The van der Waals surface area contributed by atoms with E-state index in [2.05, 4.69) is 4.98 Å². The summed E-state index contributed by atoms with van der Waals surface area (Å²) < 4.78 is 21.5. The minimum absolute atomic E-state index is 0.000127. The fourth-order valence-corrected chi connectivity index (χ4v) is 3.75. The number of carbonyl (C=O) groups is 4. The molecule has 37 heavy (non-hydrogen) atoms. The lowest BCUT2D eigenvalue weighted by atomic mass is 10.0. The van der Waals surface area contributed by atoms with Gasteiger partial charge in [-0.2, -0.15) is 0 Å². The fraction of sp³-hybridized carbons (Fsp3) is 0.423. The van der Waals surface area contributed by atoms with Crippen molar-refractivity contribution < 1.29 is 43.2 Å². The number of aromatic nitrogens is 1. The van der Waals surface area contributed by atoms with Crippen LogP contribution in [0.2, 0.25) is 0 Å². The maximum atomic E-state index is 13.9. The first-order valence-corrected chi connectivity index (χ1v) is 11.8. The molecule has 11 heteroatoms. The molecule has 3 rings (SSSR count). The number of rotatable bonds is 7. The number of amides is 1. The SMILES string of the molecule is COc1ccnc(C(=O)N(Cc2ccccc2)[C@H]2C(=O)OCCC(=O)O[C@@H](C)[C@@H]2OC(=O)C(C)C)c1O. The van der Waals surface area contributed by atoms with Gasteiger partial charge in [-0.1, -0.05) is 44.2 Å². The Balaban J connectivity index is 2.17. The first-order chi connectivity index (χ1) is 17.6. The quantitative estimate of drug-likeness (QED) is 0.432. The predicted molar refractivity (Wildman–Crippen MR) is 128 cm³/mol. The lowest BCUT2D eigenvalue weighted by Crippen LogP contribution is -2.57. The van der Waals surface area contributed by atoms with Gasteiger partial charge in [0.1, 0.15) is 12.7 Å². The molecular formula is C26H30N2O9. The average Bonchev–Trinajstić information content (AvgIpc) is 2.91. The van der Waals surface area contributed by atoms with Crippen LogP contribution in [-0.4, -0.2) is 70.8 Å². The molecule has 0 spiro atoms. The van der Waals surface area contributed by atoms with E-state index in [1.807, 2.05) is 0 Å². The van der Waals surface area contributed by atoms with E-state index in [1.165, 1.54) is 26.3 Å². The van der Waals surface area contributed by atoms with Crippen LogP contribution in [0.3, 0.4) is 0 Å². The van der Waals surface area contributed by atoms with Crippen molar-refractivity contribution in [2.45, 2.75) is 52.0 Å². The number of pyridine rings is 1. The highest BCUT2D eigenvalue weighted by molar-refractivity contribution is 5.98. The summed E-state index contributed by atoms with van der Waals surface area (Å²) in [6, 6.07) is 8.59. The Morgan fingerprint density at radius 3 is 2.54 bits per heavy atom. The minimum Gasteiger partial charge on any atom is -0.503 e. The number of methoxy groups -OCH3 is 1. The van der Waals surface area contributed by atoms with Gasteiger partial charge in [0.05, 0.1) is 19.4 Å². The van der Waals surface area contributed by atoms with Crippen LogP contribution in [0.15, 0.2) is 42.6 Å². The van der Waals surface area contributed by atoms with Crippen LogP contribution in [0, 0.1) is 5.92 Å². The van der Waals surface area contributed by atoms with Crippen LogP contribution in [0.25, 0.3) is 0 Å². The summed E-state index contributed by atoms with van der Waals surface area (Å²) in [7, 11) is 1.32. The zero-order valence-electron chi connectivity index (χ0n) is 21.1. The van der Waals surface area contributed by atoms with E-state index in [0.29, 0.717) is 5.56 Å². The van der Waals surface area contributed by atoms with Gasteiger partial charge in [0.25, 0.3) is 5.91 Å². The molecule has 1 aromatic carbocycles. The summed E-state index contributed by atoms with van der Waals surface area (Å²) in [5.41, 5.74) is 0.242. The molecule has 11 nitrogen and oxygen atoms in total. The lowest BCUT2D eigenvalue weighted by molar-refractivity contribution is -0.177. The highest BCUT2D eigenvalue weighted by atomic mass is 16.6. The number of cyclic esters (lactones) is 2. The van der Waals surface area contributed by atoms with E-state index in [1.54, 1.807) is 44.2 Å². The maximum Gasteiger partial charge on any atom is 0.332 e. The normalized spacial score (nSPS) is 20.1. The highest BCUT2D eigenvalue weighted by Crippen LogP contribution is 2.31. The van der Waals surface area contributed by atoms with Gasteiger partial charge in [-0.15, -0.1) is 0 Å². The number of hydrogen-bond acceptors (Lipinski definition) is 10. The van der Waals surface area contributed by atoms with Gasteiger partial charge in [-0.25, -0.2) is 9.78 Å². The van der Waals surface area contributed by atoms with Gasteiger partial charge in [0.2, 0.25) is 0 Å². The zero-order chi connectivity index (χ0) is 27.1. The molecule has 3 atom stereocenters. The van der Waals surface area contributed by atoms with Crippen molar-refractivity contribution in [3.63, 3.8) is 0 Å². The van der Waals surface area contributed by atoms with Crippen LogP contribution in [0.4, 0.5) is 0 Å². The first kappa shape index (κ1) is 27.4. The molecule has 1 aromatic heterocycles. The molecule has 2 heterocycles. The van der Waals surface area contributed by atoms with E-state index in [-0.39, 0.29) is 31.0 Å². The molecular weight excluding hydrogens is 484 g/mol. The zero-order valence-corrected chi connectivity index (χ0v) is 21.1. The maximum absolute atomic E-state index is 13.9. The Morgan fingerprint density at radius 2 is 1.89 bits per heavy atom. The highest BCUT2D eigenvalue weighted by Gasteiger charge is 2.46. The molecule has 1 fully saturated rings. The van der Waals surface area contributed by atoms with Crippen molar-refractivity contribution in [1.29, 1.82) is 0 Å². The second-order valence-corrected chi connectivity index (χ2v) is 8.74. The number of ether oxygens (including phenoxy) is 4. The molecule has 0 saturated carbocycles. The van der Waals surface area contributed by atoms with Crippen LogP contribution in [0.5, 0.6) is 11.5 Å². The van der Waals surface area contributed by atoms with E-state index < -0.39 is 53.7 Å². The summed E-state index contributed by atoms with van der Waals surface area (Å²) in [5, 5.41) is 10.6. The first-order valence-electron chi connectivity index (χ1n) is 11.8. The Hall–Kier alpha value is -4.15. The second kappa shape index (κ2) is 12.2. The van der Waals surface area contributed by atoms with E-state index in [0.717, 1.165) is 4.90 Å². The predicted octanol–water partition coefficient (Wildman–Crippen LogP) is 2.25. The van der Waals surface area contributed by atoms with Gasteiger partial charge in [-0.3, -0.25) is 14.4 Å². The molecule has 1 saturated heterocycles. The molecule has 1 amide bonds. The minimum atomic E-state index is -1.54. The molecule has 1 aliphatic rings. The monoisotopic (exact) mass is 514 g/mol. The van der Waals surface area contributed by atoms with Crippen molar-refractivity contribution in [2.75, 3.05) is 13.7 Å². The third-order valence-corrected chi connectivity index (χ3v) is 5.71. The van der Waals surface area contributed by atoms with E-state index in [4.69, 9.17) is 18.9 Å². The van der Waals surface area contributed by atoms with Crippen molar-refractivity contribution in [3.8, 4) is 11.5 Å². The fourth-order valence-electron chi connectivity index (χ4n) is 3.75. The summed E-state index contributed by atoms with van der Waals surface area (Å²) in [6.45, 7) is 4.24. The number of benzene rings is 1. The molecule has 1 N–H and O–H groups in total. The average molecular weight is 515 g/mol. The smallest absolute Gasteiger partial charge is 0.332 e. The lowest BCUT2D eigenvalue weighted by Gasteiger charge is -2.36. The van der Waals surface area contributed by atoms with Crippen molar-refractivity contribution >= 4 is 23.8 Å². The van der Waals surface area contributed by atoms with E-state index >= 15 is 0 Å². The molecule has 1 aliphatic heterocycles. The van der Waals surface area contributed by atoms with Gasteiger partial charge in [-0.05, 0) is 12.5 Å². The summed E-state index contributed by atoms with van der Waals surface area (Å²) in [5.74, 6) is -4.18. The van der Waals surface area contributed by atoms with Gasteiger partial charge >= 0.3 is 17.9 Å².